The lowest BCUT2D eigenvalue weighted by Crippen LogP contribution is -2.32. The summed E-state index contributed by atoms with van der Waals surface area (Å²) in [6.07, 6.45) is 1.56. The molecule has 0 bridgehead atoms. The molecule has 3 aliphatic rings. The van der Waals surface area contributed by atoms with Gasteiger partial charge in [-0.15, -0.1) is 0 Å². The third-order valence-corrected chi connectivity index (χ3v) is 6.43. The van der Waals surface area contributed by atoms with E-state index < -0.39 is 12.5 Å². The van der Waals surface area contributed by atoms with E-state index in [1.807, 2.05) is 6.07 Å². The van der Waals surface area contributed by atoms with Crippen LogP contribution in [0.5, 0.6) is 11.6 Å². The van der Waals surface area contributed by atoms with Crippen molar-refractivity contribution < 1.29 is 33.6 Å². The molecule has 2 aromatic rings. The van der Waals surface area contributed by atoms with Crippen LogP contribution in [0.2, 0.25) is 0 Å². The number of carbonyl (C=O) groups excluding carboxylic acids is 1. The lowest BCUT2D eigenvalue weighted by Gasteiger charge is -2.21. The van der Waals surface area contributed by atoms with Crippen LogP contribution >= 0.6 is 0 Å². The van der Waals surface area contributed by atoms with Crippen molar-refractivity contribution in [3.05, 3.63) is 35.3 Å². The van der Waals surface area contributed by atoms with Crippen LogP contribution < -0.4 is 25.0 Å². The molecule has 1 saturated heterocycles. The van der Waals surface area contributed by atoms with Gasteiger partial charge >= 0.3 is 0 Å². The summed E-state index contributed by atoms with van der Waals surface area (Å²) >= 11 is 0. The zero-order valence-electron chi connectivity index (χ0n) is 19.9. The highest BCUT2D eigenvalue weighted by atomic mass is 19.1. The second-order valence-corrected chi connectivity index (χ2v) is 9.43. The van der Waals surface area contributed by atoms with E-state index in [0.29, 0.717) is 37.5 Å². The van der Waals surface area contributed by atoms with E-state index in [4.69, 9.17) is 14.2 Å². The van der Waals surface area contributed by atoms with Crippen LogP contribution in [0.15, 0.2) is 18.3 Å². The van der Waals surface area contributed by atoms with Crippen LogP contribution in [-0.2, 0) is 22.4 Å². The van der Waals surface area contributed by atoms with Gasteiger partial charge in [0.05, 0.1) is 24.9 Å². The molecule has 0 saturated carbocycles. The number of nitrogens with one attached hydrogen (secondary N) is 2. The monoisotopic (exact) mass is 503 g/mol. The first-order valence-corrected chi connectivity index (χ1v) is 12.1. The van der Waals surface area contributed by atoms with Crippen molar-refractivity contribution >= 4 is 17.5 Å². The van der Waals surface area contributed by atoms with Crippen LogP contribution in [0, 0.1) is 11.7 Å². The standard InChI is InChI=1S/C24H30FN5O6/c1-13(31)11-34-17-6-15-4-14(5-18(15)19(25)7-17)8-26-3-2-16-10-30(24(33)36-16)20-9-27-23-22(28-20)29-21(32)12-35-23/h6-7,9,13-14,16,24,26,31,33H,2-5,8,10-12H2,1H3,(H,28,29,32). The van der Waals surface area contributed by atoms with Gasteiger partial charge in [-0.1, -0.05) is 0 Å². The van der Waals surface area contributed by atoms with Crippen molar-refractivity contribution in [3.63, 3.8) is 0 Å². The zero-order chi connectivity index (χ0) is 25.2. The summed E-state index contributed by atoms with van der Waals surface area (Å²) in [5, 5.41) is 25.8. The Bertz CT molecular complexity index is 1120. The Balaban J connectivity index is 1.08. The predicted octanol–water partition coefficient (Wildman–Crippen LogP) is 0.582. The fraction of sp³-hybridized carbons (Fsp3) is 0.542. The first kappa shape index (κ1) is 24.6. The summed E-state index contributed by atoms with van der Waals surface area (Å²) in [5.74, 6) is 0.986. The first-order chi connectivity index (χ1) is 17.4. The maximum Gasteiger partial charge on any atom is 0.263 e. The number of aliphatic hydroxyl groups is 2. The maximum absolute atomic E-state index is 14.5. The van der Waals surface area contributed by atoms with E-state index in [2.05, 4.69) is 20.6 Å². The Kier molecular flexibility index (Phi) is 7.19. The van der Waals surface area contributed by atoms with Crippen molar-refractivity contribution in [2.24, 2.45) is 5.92 Å². The minimum Gasteiger partial charge on any atom is -0.491 e. The SMILES string of the molecule is CC(O)COc1cc(F)c2c(c1)CC(CNCCC1CN(c3cnc4c(n3)NC(=O)CO4)C(O)O1)C2. The average Bonchev–Trinajstić information content (AvgIpc) is 3.43. The normalized spacial score (nSPS) is 23.6. The van der Waals surface area contributed by atoms with Crippen molar-refractivity contribution in [1.82, 2.24) is 15.3 Å². The molecule has 194 valence electrons. The molecule has 3 heterocycles. The van der Waals surface area contributed by atoms with Crippen LogP contribution in [-0.4, -0.2) is 77.6 Å². The van der Waals surface area contributed by atoms with E-state index in [1.165, 1.54) is 12.3 Å². The Morgan fingerprint density at radius 2 is 2.25 bits per heavy atom. The molecule has 36 heavy (non-hydrogen) atoms. The van der Waals surface area contributed by atoms with Crippen molar-refractivity contribution in [2.75, 3.05) is 43.1 Å². The molecule has 1 aromatic heterocycles. The molecule has 1 amide bonds. The Hall–Kier alpha value is -3.06. The molecule has 4 unspecified atom stereocenters. The number of halogens is 1. The minimum absolute atomic E-state index is 0.104. The van der Waals surface area contributed by atoms with Gasteiger partial charge in [0.15, 0.2) is 18.2 Å². The predicted molar refractivity (Wildman–Crippen MR) is 126 cm³/mol. The molecule has 4 N–H and O–H groups in total. The minimum atomic E-state index is -1.17. The Morgan fingerprint density at radius 1 is 1.39 bits per heavy atom. The highest BCUT2D eigenvalue weighted by Gasteiger charge is 2.33. The second-order valence-electron chi connectivity index (χ2n) is 9.43. The number of amides is 1. The summed E-state index contributed by atoms with van der Waals surface area (Å²) < 4.78 is 30.9. The summed E-state index contributed by atoms with van der Waals surface area (Å²) in [6, 6.07) is 3.25. The quantitative estimate of drug-likeness (QED) is 0.360. The van der Waals surface area contributed by atoms with Gasteiger partial charge in [-0.05, 0) is 62.4 Å². The number of nitrogens with zero attached hydrogens (tertiary/aromatic N) is 3. The molecule has 5 rings (SSSR count). The van der Waals surface area contributed by atoms with Crippen molar-refractivity contribution in [3.8, 4) is 11.6 Å². The topological polar surface area (TPSA) is 138 Å². The smallest absolute Gasteiger partial charge is 0.263 e. The average molecular weight is 504 g/mol. The number of fused-ring (bicyclic) bond motifs is 2. The Morgan fingerprint density at radius 3 is 3.08 bits per heavy atom. The van der Waals surface area contributed by atoms with Gasteiger partial charge in [-0.3, -0.25) is 4.79 Å². The number of hydrogen-bond donors (Lipinski definition) is 4. The van der Waals surface area contributed by atoms with Gasteiger partial charge < -0.3 is 40.0 Å². The fourth-order valence-corrected chi connectivity index (χ4v) is 4.72. The highest BCUT2D eigenvalue weighted by Crippen LogP contribution is 2.32. The van der Waals surface area contributed by atoms with Gasteiger partial charge in [0.25, 0.3) is 11.8 Å². The second kappa shape index (κ2) is 10.5. The molecule has 11 nitrogen and oxygen atoms in total. The Labute approximate surface area is 207 Å². The maximum atomic E-state index is 14.5. The van der Waals surface area contributed by atoms with E-state index in [9.17, 15) is 19.4 Å². The van der Waals surface area contributed by atoms with Crippen molar-refractivity contribution in [1.29, 1.82) is 0 Å². The number of carbonyl (C=O) groups is 1. The number of aliphatic hydroxyl groups excluding tert-OH is 2. The van der Waals surface area contributed by atoms with Crippen LogP contribution in [0.3, 0.4) is 0 Å². The van der Waals surface area contributed by atoms with Crippen LogP contribution in [0.25, 0.3) is 0 Å². The van der Waals surface area contributed by atoms with E-state index in [1.54, 1.807) is 11.8 Å². The van der Waals surface area contributed by atoms with Gasteiger partial charge in [0.2, 0.25) is 6.41 Å². The largest absolute Gasteiger partial charge is 0.491 e. The number of benzene rings is 1. The number of hydrogen-bond acceptors (Lipinski definition) is 10. The molecule has 1 fully saturated rings. The molecular weight excluding hydrogens is 473 g/mol. The summed E-state index contributed by atoms with van der Waals surface area (Å²) in [5.41, 5.74) is 1.69. The fourth-order valence-electron chi connectivity index (χ4n) is 4.72. The van der Waals surface area contributed by atoms with Gasteiger partial charge in [-0.25, -0.2) is 14.4 Å². The molecule has 2 aliphatic heterocycles. The lowest BCUT2D eigenvalue weighted by atomic mass is 10.1. The third kappa shape index (κ3) is 5.51. The van der Waals surface area contributed by atoms with Gasteiger partial charge in [0.1, 0.15) is 18.2 Å². The summed E-state index contributed by atoms with van der Waals surface area (Å²) in [6.45, 7) is 3.46. The summed E-state index contributed by atoms with van der Waals surface area (Å²) in [7, 11) is 0. The molecular formula is C24H30FN5O6. The summed E-state index contributed by atoms with van der Waals surface area (Å²) in [4.78, 5) is 21.6. The molecule has 12 heteroatoms. The number of aromatic nitrogens is 2. The van der Waals surface area contributed by atoms with E-state index >= 15 is 0 Å². The van der Waals surface area contributed by atoms with Gasteiger partial charge in [0, 0.05) is 6.07 Å². The number of anilines is 2. The lowest BCUT2D eigenvalue weighted by molar-refractivity contribution is -0.118. The van der Waals surface area contributed by atoms with E-state index in [0.717, 1.165) is 24.1 Å². The molecule has 1 aliphatic carbocycles. The molecule has 0 spiro atoms. The third-order valence-electron chi connectivity index (χ3n) is 6.43. The molecule has 0 radical (unpaired) electrons. The van der Waals surface area contributed by atoms with E-state index in [-0.39, 0.29) is 48.7 Å². The van der Waals surface area contributed by atoms with Crippen LogP contribution in [0.4, 0.5) is 16.0 Å². The van der Waals surface area contributed by atoms with Crippen LogP contribution in [0.1, 0.15) is 24.5 Å². The molecule has 1 aromatic carbocycles. The van der Waals surface area contributed by atoms with Gasteiger partial charge in [-0.2, -0.15) is 0 Å². The number of ether oxygens (including phenoxy) is 3. The molecule has 4 atom stereocenters. The number of rotatable bonds is 9. The zero-order valence-corrected chi connectivity index (χ0v) is 19.9. The van der Waals surface area contributed by atoms with Crippen molar-refractivity contribution in [2.45, 2.75) is 44.8 Å². The first-order valence-electron chi connectivity index (χ1n) is 12.1. The highest BCUT2D eigenvalue weighted by molar-refractivity contribution is 5.93.